The molecule has 3 N–H and O–H groups in total. The topological polar surface area (TPSA) is 72.2 Å². The highest BCUT2D eigenvalue weighted by molar-refractivity contribution is 9.10. The van der Waals surface area contributed by atoms with Crippen molar-refractivity contribution >= 4 is 27.6 Å². The van der Waals surface area contributed by atoms with Gasteiger partial charge in [0.05, 0.1) is 6.04 Å². The van der Waals surface area contributed by atoms with E-state index in [2.05, 4.69) is 21.2 Å². The molecule has 2 aromatic carbocycles. The summed E-state index contributed by atoms with van der Waals surface area (Å²) in [6.45, 7) is 1.82. The minimum atomic E-state index is -0.190. The Kier molecular flexibility index (Phi) is 6.70. The van der Waals surface area contributed by atoms with Crippen molar-refractivity contribution in [2.75, 3.05) is 0 Å². The fraction of sp³-hybridized carbons (Fsp3) is 0.263. The number of Topliss-reactive ketones (excluding diaryl/α,β-unsaturated/α-hetero) is 1. The number of halogens is 1. The van der Waals surface area contributed by atoms with Crippen LogP contribution in [0.15, 0.2) is 53.0 Å². The van der Waals surface area contributed by atoms with Crippen LogP contribution in [-0.4, -0.2) is 11.7 Å². The van der Waals surface area contributed by atoms with Gasteiger partial charge in [-0.3, -0.25) is 9.59 Å². The van der Waals surface area contributed by atoms with Crippen molar-refractivity contribution in [1.82, 2.24) is 5.32 Å². The lowest BCUT2D eigenvalue weighted by molar-refractivity contribution is -0.119. The lowest BCUT2D eigenvalue weighted by atomic mass is 9.96. The number of nitrogens with one attached hydrogen (secondary N) is 1. The summed E-state index contributed by atoms with van der Waals surface area (Å²) < 4.78 is 0.973. The number of carbonyl (C=O) groups is 2. The van der Waals surface area contributed by atoms with Gasteiger partial charge in [0, 0.05) is 29.9 Å². The van der Waals surface area contributed by atoms with Crippen molar-refractivity contribution in [3.8, 4) is 0 Å². The summed E-state index contributed by atoms with van der Waals surface area (Å²) in [5.41, 5.74) is 8.20. The number of hydrogen-bond acceptors (Lipinski definition) is 3. The normalized spacial score (nSPS) is 11.8. The number of carbonyl (C=O) groups excluding carboxylic acids is 2. The molecule has 0 saturated heterocycles. The summed E-state index contributed by atoms with van der Waals surface area (Å²) in [5, 5.41) is 2.92. The summed E-state index contributed by atoms with van der Waals surface area (Å²) >= 11 is 3.40. The first-order valence-corrected chi connectivity index (χ1v) is 8.64. The van der Waals surface area contributed by atoms with Gasteiger partial charge in [0.1, 0.15) is 0 Å². The van der Waals surface area contributed by atoms with Crippen molar-refractivity contribution in [2.24, 2.45) is 5.73 Å². The van der Waals surface area contributed by atoms with Crippen molar-refractivity contribution in [2.45, 2.75) is 32.4 Å². The second kappa shape index (κ2) is 8.76. The average Bonchev–Trinajstić information content (AvgIpc) is 2.58. The maximum Gasteiger partial charge on any atom is 0.217 e. The molecule has 5 heteroatoms. The first kappa shape index (κ1) is 18.4. The molecule has 0 bridgehead atoms. The molecule has 0 heterocycles. The molecule has 0 aliphatic rings. The van der Waals surface area contributed by atoms with E-state index in [0.29, 0.717) is 24.9 Å². The monoisotopic (exact) mass is 388 g/mol. The summed E-state index contributed by atoms with van der Waals surface area (Å²) in [5.74, 6) is -0.0683. The van der Waals surface area contributed by atoms with Crippen LogP contribution >= 0.6 is 15.9 Å². The van der Waals surface area contributed by atoms with Crippen molar-refractivity contribution in [1.29, 1.82) is 0 Å². The third-order valence-corrected chi connectivity index (χ3v) is 4.38. The molecular weight excluding hydrogens is 368 g/mol. The van der Waals surface area contributed by atoms with Gasteiger partial charge in [0.2, 0.25) is 5.91 Å². The van der Waals surface area contributed by atoms with E-state index in [1.807, 2.05) is 42.5 Å². The van der Waals surface area contributed by atoms with Gasteiger partial charge in [0.25, 0.3) is 0 Å². The molecule has 0 saturated carbocycles. The molecule has 1 unspecified atom stereocenters. The highest BCUT2D eigenvalue weighted by Crippen LogP contribution is 2.22. The van der Waals surface area contributed by atoms with Crippen molar-refractivity contribution in [3.05, 3.63) is 69.7 Å². The van der Waals surface area contributed by atoms with Crippen LogP contribution in [0.5, 0.6) is 0 Å². The summed E-state index contributed by atoms with van der Waals surface area (Å²) in [6.07, 6.45) is 0.886. The molecule has 126 valence electrons. The molecule has 0 aliphatic heterocycles. The van der Waals surface area contributed by atoms with Gasteiger partial charge in [-0.25, -0.2) is 0 Å². The van der Waals surface area contributed by atoms with E-state index in [1.165, 1.54) is 6.92 Å². The van der Waals surface area contributed by atoms with Gasteiger partial charge in [-0.1, -0.05) is 52.3 Å². The molecule has 0 radical (unpaired) electrons. The van der Waals surface area contributed by atoms with E-state index < -0.39 is 0 Å². The highest BCUT2D eigenvalue weighted by Gasteiger charge is 2.16. The molecule has 0 aromatic heterocycles. The second-order valence-electron chi connectivity index (χ2n) is 5.63. The third-order valence-electron chi connectivity index (χ3n) is 3.85. The number of benzene rings is 2. The van der Waals surface area contributed by atoms with Gasteiger partial charge in [-0.05, 0) is 29.7 Å². The standard InChI is InChI=1S/C19H21BrN2O2/c1-13(23)22-18(14-6-8-16(20)9-7-14)10-11-19(24)17-5-3-2-4-15(17)12-21/h2-9,18H,10-12,21H2,1H3,(H,22,23). The Balaban J connectivity index is 2.11. The lowest BCUT2D eigenvalue weighted by Crippen LogP contribution is -2.26. The molecule has 0 aliphatic carbocycles. The number of rotatable bonds is 7. The average molecular weight is 389 g/mol. The van der Waals surface area contributed by atoms with Gasteiger partial charge < -0.3 is 11.1 Å². The molecular formula is C19H21BrN2O2. The maximum absolute atomic E-state index is 12.5. The van der Waals surface area contributed by atoms with E-state index in [0.717, 1.165) is 15.6 Å². The Bertz CT molecular complexity index is 714. The Hall–Kier alpha value is -1.98. The van der Waals surface area contributed by atoms with Crippen LogP contribution in [0.1, 0.15) is 47.3 Å². The Morgan fingerprint density at radius 2 is 1.79 bits per heavy atom. The quantitative estimate of drug-likeness (QED) is 0.709. The fourth-order valence-electron chi connectivity index (χ4n) is 2.64. The van der Waals surface area contributed by atoms with Gasteiger partial charge in [-0.15, -0.1) is 0 Å². The van der Waals surface area contributed by atoms with Crippen LogP contribution in [0, 0.1) is 0 Å². The molecule has 0 spiro atoms. The minimum absolute atomic E-state index is 0.0449. The predicted octanol–water partition coefficient (Wildman–Crippen LogP) is 3.75. The molecule has 1 amide bonds. The zero-order valence-corrected chi connectivity index (χ0v) is 15.2. The lowest BCUT2D eigenvalue weighted by Gasteiger charge is -2.18. The molecule has 2 rings (SSSR count). The SMILES string of the molecule is CC(=O)NC(CCC(=O)c1ccccc1CN)c1ccc(Br)cc1. The fourth-order valence-corrected chi connectivity index (χ4v) is 2.91. The van der Waals surface area contributed by atoms with E-state index in [1.54, 1.807) is 6.07 Å². The summed E-state index contributed by atoms with van der Waals surface area (Å²) in [4.78, 5) is 24.0. The van der Waals surface area contributed by atoms with Crippen molar-refractivity contribution < 1.29 is 9.59 Å². The van der Waals surface area contributed by atoms with E-state index in [4.69, 9.17) is 5.73 Å². The van der Waals surface area contributed by atoms with Gasteiger partial charge in [0.15, 0.2) is 5.78 Å². The van der Waals surface area contributed by atoms with Crippen molar-refractivity contribution in [3.63, 3.8) is 0 Å². The highest BCUT2D eigenvalue weighted by atomic mass is 79.9. The minimum Gasteiger partial charge on any atom is -0.350 e. The molecule has 4 nitrogen and oxygen atoms in total. The van der Waals surface area contributed by atoms with Crippen LogP contribution in [0.3, 0.4) is 0 Å². The Labute approximate surface area is 150 Å². The zero-order chi connectivity index (χ0) is 17.5. The Morgan fingerprint density at radius 1 is 1.12 bits per heavy atom. The smallest absolute Gasteiger partial charge is 0.217 e. The van der Waals surface area contributed by atoms with E-state index in [-0.39, 0.29) is 17.7 Å². The van der Waals surface area contributed by atoms with Gasteiger partial charge >= 0.3 is 0 Å². The Morgan fingerprint density at radius 3 is 2.42 bits per heavy atom. The first-order valence-electron chi connectivity index (χ1n) is 7.85. The summed E-state index contributed by atoms with van der Waals surface area (Å²) in [6, 6.07) is 14.9. The molecule has 24 heavy (non-hydrogen) atoms. The largest absolute Gasteiger partial charge is 0.350 e. The van der Waals surface area contributed by atoms with Crippen LogP contribution in [0.2, 0.25) is 0 Å². The van der Waals surface area contributed by atoms with Crippen LogP contribution in [0.4, 0.5) is 0 Å². The maximum atomic E-state index is 12.5. The van der Waals surface area contributed by atoms with E-state index in [9.17, 15) is 9.59 Å². The molecule has 0 fully saturated rings. The van der Waals surface area contributed by atoms with Gasteiger partial charge in [-0.2, -0.15) is 0 Å². The first-order chi connectivity index (χ1) is 11.5. The number of hydrogen-bond donors (Lipinski definition) is 2. The van der Waals surface area contributed by atoms with Crippen LogP contribution < -0.4 is 11.1 Å². The number of amides is 1. The predicted molar refractivity (Wildman–Crippen MR) is 98.6 cm³/mol. The zero-order valence-electron chi connectivity index (χ0n) is 13.6. The number of ketones is 1. The van der Waals surface area contributed by atoms with Crippen LogP contribution in [0.25, 0.3) is 0 Å². The summed E-state index contributed by atoms with van der Waals surface area (Å²) in [7, 11) is 0. The number of nitrogens with two attached hydrogens (primary N) is 1. The third kappa shape index (κ3) is 5.01. The molecule has 1 atom stereocenters. The second-order valence-corrected chi connectivity index (χ2v) is 6.54. The molecule has 2 aromatic rings. The van der Waals surface area contributed by atoms with E-state index >= 15 is 0 Å². The van der Waals surface area contributed by atoms with Crippen LogP contribution in [-0.2, 0) is 11.3 Å².